The van der Waals surface area contributed by atoms with Gasteiger partial charge in [0.15, 0.2) is 0 Å². The van der Waals surface area contributed by atoms with Gasteiger partial charge < -0.3 is 32.3 Å². The van der Waals surface area contributed by atoms with Crippen LogP contribution in [0, 0.1) is 0 Å². The number of nitrogens with one attached hydrogen (secondary N) is 5. The van der Waals surface area contributed by atoms with Crippen LogP contribution in [0.1, 0.15) is 45.7 Å². The van der Waals surface area contributed by atoms with E-state index in [9.17, 15) is 28.8 Å². The lowest BCUT2D eigenvalue weighted by Crippen LogP contribution is -2.62. The minimum atomic E-state index is -1.49. The van der Waals surface area contributed by atoms with Crippen LogP contribution in [0.5, 0.6) is 0 Å². The number of hydrogen-bond donors (Lipinski definition) is 6. The summed E-state index contributed by atoms with van der Waals surface area (Å²) in [5.74, 6) is -3.82. The van der Waals surface area contributed by atoms with Crippen molar-refractivity contribution < 1.29 is 28.8 Å². The second kappa shape index (κ2) is 13.7. The Hall–Kier alpha value is -4.45. The summed E-state index contributed by atoms with van der Waals surface area (Å²) in [6.45, 7) is 7.02. The summed E-state index contributed by atoms with van der Waals surface area (Å²) in [6, 6.07) is 8.18. The van der Waals surface area contributed by atoms with Gasteiger partial charge in [-0.15, -0.1) is 0 Å². The zero-order valence-electron chi connectivity index (χ0n) is 24.7. The molecule has 1 heterocycles. The fourth-order valence-corrected chi connectivity index (χ4v) is 4.81. The molecule has 3 rings (SSSR count). The zero-order chi connectivity index (χ0) is 32.1. The van der Waals surface area contributed by atoms with E-state index >= 15 is 0 Å². The predicted molar refractivity (Wildman–Crippen MR) is 160 cm³/mol. The molecule has 1 aliphatic heterocycles. The lowest BCUT2D eigenvalue weighted by Gasteiger charge is -2.29. The van der Waals surface area contributed by atoms with Crippen LogP contribution < -0.4 is 32.3 Å². The van der Waals surface area contributed by atoms with Crippen molar-refractivity contribution in [2.24, 2.45) is 5.73 Å². The molecule has 4 atom stereocenters. The van der Waals surface area contributed by atoms with E-state index in [-0.39, 0.29) is 12.8 Å². The fourth-order valence-electron chi connectivity index (χ4n) is 4.55. The molecule has 6 amide bonds. The third kappa shape index (κ3) is 9.02. The highest BCUT2D eigenvalue weighted by Crippen LogP contribution is 2.27. The van der Waals surface area contributed by atoms with Gasteiger partial charge in [-0.25, -0.2) is 0 Å². The minimum Gasteiger partial charge on any atom is -0.368 e. The molecule has 4 bridgehead atoms. The van der Waals surface area contributed by atoms with E-state index in [0.717, 1.165) is 5.56 Å². The molecule has 13 heteroatoms. The molecule has 0 fully saturated rings. The summed E-state index contributed by atoms with van der Waals surface area (Å²) >= 11 is 6.44. The van der Waals surface area contributed by atoms with Gasteiger partial charge in [-0.3, -0.25) is 28.8 Å². The summed E-state index contributed by atoms with van der Waals surface area (Å²) in [5, 5.41) is 13.3. The number of hydrogen-bond acceptors (Lipinski definition) is 6. The smallest absolute Gasteiger partial charge is 0.245 e. The van der Waals surface area contributed by atoms with Crippen molar-refractivity contribution in [1.82, 2.24) is 26.6 Å². The molecule has 0 radical (unpaired) electrons. The molecule has 0 unspecified atom stereocenters. The Morgan fingerprint density at radius 3 is 2.16 bits per heavy atom. The van der Waals surface area contributed by atoms with Crippen LogP contribution in [0.3, 0.4) is 0 Å². The van der Waals surface area contributed by atoms with Crippen LogP contribution >= 0.6 is 11.6 Å². The fraction of sp³-hybridized carbons (Fsp3) is 0.400. The van der Waals surface area contributed by atoms with Crippen molar-refractivity contribution in [2.75, 3.05) is 0 Å². The number of nitrogens with two attached hydrogens (primary N) is 1. The van der Waals surface area contributed by atoms with Gasteiger partial charge >= 0.3 is 0 Å². The van der Waals surface area contributed by atoms with Crippen molar-refractivity contribution in [3.05, 3.63) is 58.6 Å². The number of fused-ring (bicyclic) bond motifs is 5. The normalized spacial score (nSPS) is 23.4. The van der Waals surface area contributed by atoms with E-state index in [1.165, 1.54) is 34.6 Å². The second-order valence-electron chi connectivity index (χ2n) is 11.2. The van der Waals surface area contributed by atoms with Crippen LogP contribution in [-0.4, -0.2) is 65.1 Å². The molecule has 230 valence electrons. The van der Waals surface area contributed by atoms with Crippen LogP contribution in [0.4, 0.5) is 0 Å². The zero-order valence-corrected chi connectivity index (χ0v) is 25.4. The number of amides is 6. The number of benzene rings is 2. The van der Waals surface area contributed by atoms with E-state index in [1.54, 1.807) is 24.3 Å². The van der Waals surface area contributed by atoms with Crippen molar-refractivity contribution in [3.63, 3.8) is 0 Å². The van der Waals surface area contributed by atoms with Gasteiger partial charge in [0.2, 0.25) is 35.4 Å². The van der Waals surface area contributed by atoms with E-state index in [4.69, 9.17) is 17.3 Å². The molecule has 2 aromatic carbocycles. The summed E-state index contributed by atoms with van der Waals surface area (Å²) in [7, 11) is 0. The van der Waals surface area contributed by atoms with Gasteiger partial charge in [-0.05, 0) is 62.1 Å². The summed E-state index contributed by atoms with van der Waals surface area (Å²) in [4.78, 5) is 76.4. The SMILES string of the molecule is CC(=O)N[C@H]1Cc2cc(Cl)cc(c2)-c2cccc(c2)C[C@@H](C(N)=O)NC(=O)[C@H](C)NC(=O)C(C)(C)NC(=O)[C@H](C)NC1=O. The van der Waals surface area contributed by atoms with E-state index < -0.39 is 65.1 Å². The quantitative estimate of drug-likeness (QED) is 0.286. The standard InChI is InChI=1S/C30H37ClN6O6/c1-15-26(40)36-23(25(32)39)12-18-7-6-8-20(9-18)21-10-19(11-22(31)14-21)13-24(35-17(3)38)28(42)33-16(2)27(41)37-30(4,5)29(43)34-15/h6-11,14-16,23-24H,12-13H2,1-5H3,(H2,32,39)(H,33,42)(H,34,43)(H,35,38)(H,36,40)(H,37,41)/t15-,16-,23-,24-/m0/s1. The van der Waals surface area contributed by atoms with Crippen LogP contribution in [-0.2, 0) is 41.6 Å². The first-order chi connectivity index (χ1) is 20.0. The first-order valence-corrected chi connectivity index (χ1v) is 14.1. The van der Waals surface area contributed by atoms with Gasteiger partial charge in [0, 0.05) is 24.8 Å². The topological polar surface area (TPSA) is 189 Å². The third-order valence-electron chi connectivity index (χ3n) is 6.95. The van der Waals surface area contributed by atoms with Gasteiger partial charge in [0.25, 0.3) is 0 Å². The third-order valence-corrected chi connectivity index (χ3v) is 7.17. The van der Waals surface area contributed by atoms with E-state index in [1.807, 2.05) is 18.2 Å². The van der Waals surface area contributed by atoms with Gasteiger partial charge in [0.05, 0.1) is 0 Å². The molecule has 12 nitrogen and oxygen atoms in total. The average Bonchev–Trinajstić information content (AvgIpc) is 2.90. The maximum Gasteiger partial charge on any atom is 0.245 e. The molecule has 2 aromatic rings. The van der Waals surface area contributed by atoms with E-state index in [2.05, 4.69) is 26.6 Å². The lowest BCUT2D eigenvalue weighted by molar-refractivity contribution is -0.136. The van der Waals surface area contributed by atoms with Crippen molar-refractivity contribution in [2.45, 2.75) is 77.2 Å². The summed E-state index contributed by atoms with van der Waals surface area (Å²) < 4.78 is 0. The Kier molecular flexibility index (Phi) is 10.5. The summed E-state index contributed by atoms with van der Waals surface area (Å²) in [6.07, 6.45) is 0.141. The molecule has 0 saturated heterocycles. The molecule has 0 aliphatic carbocycles. The second-order valence-corrected chi connectivity index (χ2v) is 11.6. The first-order valence-electron chi connectivity index (χ1n) is 13.7. The molecular weight excluding hydrogens is 576 g/mol. The van der Waals surface area contributed by atoms with Crippen molar-refractivity contribution >= 4 is 47.0 Å². The molecule has 7 N–H and O–H groups in total. The highest BCUT2D eigenvalue weighted by atomic mass is 35.5. The van der Waals surface area contributed by atoms with Crippen LogP contribution in [0.25, 0.3) is 11.1 Å². The van der Waals surface area contributed by atoms with Crippen molar-refractivity contribution in [3.8, 4) is 11.1 Å². The number of carbonyl (C=O) groups excluding carboxylic acids is 6. The molecule has 0 aromatic heterocycles. The Balaban J connectivity index is 2.06. The van der Waals surface area contributed by atoms with Gasteiger partial charge in [-0.1, -0.05) is 41.9 Å². The van der Waals surface area contributed by atoms with Gasteiger partial charge in [-0.2, -0.15) is 0 Å². The van der Waals surface area contributed by atoms with Crippen molar-refractivity contribution in [1.29, 1.82) is 0 Å². The van der Waals surface area contributed by atoms with E-state index in [0.29, 0.717) is 21.7 Å². The molecule has 0 saturated carbocycles. The largest absolute Gasteiger partial charge is 0.368 e. The predicted octanol–water partition coefficient (Wildman–Crippen LogP) is 0.485. The highest BCUT2D eigenvalue weighted by molar-refractivity contribution is 6.31. The Morgan fingerprint density at radius 2 is 1.51 bits per heavy atom. The Bertz CT molecular complexity index is 1440. The lowest BCUT2D eigenvalue weighted by atomic mass is 9.96. The number of halogens is 1. The summed E-state index contributed by atoms with van der Waals surface area (Å²) in [5.41, 5.74) is 6.91. The molecular formula is C30H37ClN6O6. The Morgan fingerprint density at radius 1 is 0.860 bits per heavy atom. The Labute approximate surface area is 254 Å². The maximum atomic E-state index is 13.2. The minimum absolute atomic E-state index is 0.0641. The highest BCUT2D eigenvalue weighted by Gasteiger charge is 2.34. The number of carbonyl (C=O) groups is 6. The molecule has 0 spiro atoms. The average molecular weight is 613 g/mol. The van der Waals surface area contributed by atoms with Crippen LogP contribution in [0.2, 0.25) is 5.02 Å². The van der Waals surface area contributed by atoms with Crippen LogP contribution in [0.15, 0.2) is 42.5 Å². The number of primary amides is 1. The monoisotopic (exact) mass is 612 g/mol. The molecule has 1 aliphatic rings. The number of rotatable bonds is 2. The first kappa shape index (κ1) is 33.1. The maximum absolute atomic E-state index is 13.2. The van der Waals surface area contributed by atoms with Gasteiger partial charge in [0.1, 0.15) is 29.7 Å². The molecule has 43 heavy (non-hydrogen) atoms.